The number of Topliss-reactive ketones (excluding diaryl/α,β-unsaturated/α-hetero) is 1. The smallest absolute Gasteiger partial charge is 0.192 e. The van der Waals surface area contributed by atoms with E-state index in [-0.39, 0.29) is 5.78 Å². The molecule has 1 aromatic carbocycles. The molecule has 0 aliphatic heterocycles. The van der Waals surface area contributed by atoms with E-state index in [2.05, 4.69) is 14.8 Å². The standard InChI is InChI=1S/C20H21N3O2S/c1-13-5-6-14(2)17(10-13)18(24)12-26-20-22-21-19(15-7-8-15)23(20)11-16-4-3-9-25-16/h3-6,9-10,15H,7-8,11-12H2,1-2H3. The zero-order valence-corrected chi connectivity index (χ0v) is 15.8. The molecule has 0 amide bonds. The molecule has 3 aromatic rings. The van der Waals surface area contributed by atoms with Crippen LogP contribution in [-0.4, -0.2) is 26.3 Å². The lowest BCUT2D eigenvalue weighted by Crippen LogP contribution is -2.09. The molecule has 4 rings (SSSR count). The molecule has 0 atom stereocenters. The SMILES string of the molecule is Cc1ccc(C)c(C(=O)CSc2nnc(C3CC3)n2Cc2ccco2)c1. The molecular weight excluding hydrogens is 346 g/mol. The van der Waals surface area contributed by atoms with E-state index in [9.17, 15) is 4.79 Å². The van der Waals surface area contributed by atoms with Crippen LogP contribution >= 0.6 is 11.8 Å². The van der Waals surface area contributed by atoms with Gasteiger partial charge >= 0.3 is 0 Å². The summed E-state index contributed by atoms with van der Waals surface area (Å²) >= 11 is 1.45. The van der Waals surface area contributed by atoms with E-state index in [1.165, 1.54) is 11.8 Å². The highest BCUT2D eigenvalue weighted by Gasteiger charge is 2.30. The number of ketones is 1. The minimum Gasteiger partial charge on any atom is -0.467 e. The zero-order valence-electron chi connectivity index (χ0n) is 14.9. The summed E-state index contributed by atoms with van der Waals surface area (Å²) in [5, 5.41) is 9.51. The highest BCUT2D eigenvalue weighted by molar-refractivity contribution is 7.99. The van der Waals surface area contributed by atoms with Crippen LogP contribution in [0.4, 0.5) is 0 Å². The summed E-state index contributed by atoms with van der Waals surface area (Å²) in [6, 6.07) is 9.82. The second-order valence-electron chi connectivity index (χ2n) is 6.81. The van der Waals surface area contributed by atoms with E-state index in [4.69, 9.17) is 4.42 Å². The van der Waals surface area contributed by atoms with Gasteiger partial charge in [-0.15, -0.1) is 10.2 Å². The van der Waals surface area contributed by atoms with Crippen LogP contribution in [-0.2, 0) is 6.54 Å². The van der Waals surface area contributed by atoms with Gasteiger partial charge in [-0.1, -0.05) is 29.5 Å². The highest BCUT2D eigenvalue weighted by atomic mass is 32.2. The molecule has 134 valence electrons. The van der Waals surface area contributed by atoms with Gasteiger partial charge in [0.1, 0.15) is 11.6 Å². The second-order valence-corrected chi connectivity index (χ2v) is 7.75. The lowest BCUT2D eigenvalue weighted by atomic mass is 10.0. The minimum atomic E-state index is 0.122. The van der Waals surface area contributed by atoms with E-state index in [1.54, 1.807) is 6.26 Å². The maximum Gasteiger partial charge on any atom is 0.192 e. The topological polar surface area (TPSA) is 60.9 Å². The van der Waals surface area contributed by atoms with Crippen LogP contribution in [0.5, 0.6) is 0 Å². The maximum absolute atomic E-state index is 12.7. The number of hydrogen-bond acceptors (Lipinski definition) is 5. The molecule has 1 aliphatic rings. The number of aromatic nitrogens is 3. The number of benzene rings is 1. The Morgan fingerprint density at radius 3 is 2.85 bits per heavy atom. The molecule has 2 heterocycles. The van der Waals surface area contributed by atoms with Gasteiger partial charge in [0.25, 0.3) is 0 Å². The van der Waals surface area contributed by atoms with E-state index >= 15 is 0 Å². The van der Waals surface area contributed by atoms with Crippen molar-refractivity contribution < 1.29 is 9.21 Å². The lowest BCUT2D eigenvalue weighted by Gasteiger charge is -2.09. The Hall–Kier alpha value is -2.34. The summed E-state index contributed by atoms with van der Waals surface area (Å²) in [6.07, 6.45) is 3.98. The third-order valence-electron chi connectivity index (χ3n) is 4.61. The third kappa shape index (κ3) is 3.60. The van der Waals surface area contributed by atoms with Gasteiger partial charge in [0.2, 0.25) is 0 Å². The summed E-state index contributed by atoms with van der Waals surface area (Å²) < 4.78 is 7.58. The summed E-state index contributed by atoms with van der Waals surface area (Å²) in [7, 11) is 0. The van der Waals surface area contributed by atoms with Gasteiger partial charge in [0.15, 0.2) is 10.9 Å². The minimum absolute atomic E-state index is 0.122. The Bertz CT molecular complexity index is 927. The lowest BCUT2D eigenvalue weighted by molar-refractivity contribution is 0.102. The molecular formula is C20H21N3O2S. The Morgan fingerprint density at radius 1 is 1.27 bits per heavy atom. The number of carbonyl (C=O) groups is 1. The Balaban J connectivity index is 1.52. The number of thioether (sulfide) groups is 1. The normalized spacial score (nSPS) is 13.9. The zero-order chi connectivity index (χ0) is 18.1. The van der Waals surface area contributed by atoms with Crippen molar-refractivity contribution in [3.8, 4) is 0 Å². The van der Waals surface area contributed by atoms with Crippen LogP contribution in [0, 0.1) is 13.8 Å². The molecule has 0 N–H and O–H groups in total. The fraction of sp³-hybridized carbons (Fsp3) is 0.350. The molecule has 1 fully saturated rings. The van der Waals surface area contributed by atoms with Crippen molar-refractivity contribution in [3.05, 3.63) is 64.9 Å². The summed E-state index contributed by atoms with van der Waals surface area (Å²) in [5.41, 5.74) is 2.90. The van der Waals surface area contributed by atoms with E-state index in [0.717, 1.165) is 46.3 Å². The molecule has 26 heavy (non-hydrogen) atoms. The first-order valence-corrected chi connectivity index (χ1v) is 9.79. The van der Waals surface area contributed by atoms with Crippen molar-refractivity contribution in [1.82, 2.24) is 14.8 Å². The van der Waals surface area contributed by atoms with Crippen LogP contribution < -0.4 is 0 Å². The highest BCUT2D eigenvalue weighted by Crippen LogP contribution is 2.40. The molecule has 1 aliphatic carbocycles. The largest absolute Gasteiger partial charge is 0.467 e. The van der Waals surface area contributed by atoms with Crippen LogP contribution in [0.3, 0.4) is 0 Å². The fourth-order valence-corrected chi connectivity index (χ4v) is 3.83. The number of rotatable bonds is 7. The van der Waals surface area contributed by atoms with Crippen LogP contribution in [0.2, 0.25) is 0 Å². The van der Waals surface area contributed by atoms with E-state index in [0.29, 0.717) is 18.2 Å². The van der Waals surface area contributed by atoms with Crippen LogP contribution in [0.15, 0.2) is 46.2 Å². The quantitative estimate of drug-likeness (QED) is 0.458. The average Bonchev–Trinajstić information content (AvgIpc) is 3.19. The Labute approximate surface area is 156 Å². The number of furan rings is 1. The molecule has 0 radical (unpaired) electrons. The van der Waals surface area contributed by atoms with Gasteiger partial charge in [0, 0.05) is 11.5 Å². The average molecular weight is 367 g/mol. The van der Waals surface area contributed by atoms with E-state index in [1.807, 2.05) is 44.2 Å². The number of carbonyl (C=O) groups excluding carboxylic acids is 1. The number of aryl methyl sites for hydroxylation is 2. The number of nitrogens with zero attached hydrogens (tertiary/aromatic N) is 3. The molecule has 5 nitrogen and oxygen atoms in total. The predicted molar refractivity (Wildman–Crippen MR) is 101 cm³/mol. The molecule has 0 spiro atoms. The summed E-state index contributed by atoms with van der Waals surface area (Å²) in [4.78, 5) is 12.7. The molecule has 2 aromatic heterocycles. The van der Waals surface area contributed by atoms with Crippen molar-refractivity contribution in [1.29, 1.82) is 0 Å². The summed E-state index contributed by atoms with van der Waals surface area (Å²) in [6.45, 7) is 4.58. The first-order valence-electron chi connectivity index (χ1n) is 8.80. The van der Waals surface area contributed by atoms with Crippen molar-refractivity contribution in [2.24, 2.45) is 0 Å². The van der Waals surface area contributed by atoms with Gasteiger partial charge in [-0.25, -0.2) is 0 Å². The monoisotopic (exact) mass is 367 g/mol. The fourth-order valence-electron chi connectivity index (χ4n) is 3.00. The maximum atomic E-state index is 12.7. The third-order valence-corrected chi connectivity index (χ3v) is 5.57. The van der Waals surface area contributed by atoms with E-state index < -0.39 is 0 Å². The van der Waals surface area contributed by atoms with Crippen molar-refractivity contribution in [2.45, 2.75) is 44.3 Å². The molecule has 0 bridgehead atoms. The second kappa shape index (κ2) is 7.11. The molecule has 0 saturated heterocycles. The Morgan fingerprint density at radius 2 is 2.12 bits per heavy atom. The van der Waals surface area contributed by atoms with Crippen LogP contribution in [0.25, 0.3) is 0 Å². The van der Waals surface area contributed by atoms with Crippen molar-refractivity contribution in [2.75, 3.05) is 5.75 Å². The van der Waals surface area contributed by atoms with Crippen LogP contribution in [0.1, 0.15) is 51.8 Å². The van der Waals surface area contributed by atoms with Gasteiger partial charge in [-0.3, -0.25) is 9.36 Å². The van der Waals surface area contributed by atoms with Gasteiger partial charge < -0.3 is 4.42 Å². The van der Waals surface area contributed by atoms with Crippen molar-refractivity contribution in [3.63, 3.8) is 0 Å². The summed E-state index contributed by atoms with van der Waals surface area (Å²) in [5.74, 6) is 2.83. The molecule has 0 unspecified atom stereocenters. The molecule has 1 saturated carbocycles. The van der Waals surface area contributed by atoms with Crippen molar-refractivity contribution >= 4 is 17.5 Å². The number of hydrogen-bond donors (Lipinski definition) is 0. The molecule has 6 heteroatoms. The first kappa shape index (κ1) is 17.1. The Kier molecular flexibility index (Phi) is 4.68. The van der Waals surface area contributed by atoms with Gasteiger partial charge in [-0.2, -0.15) is 0 Å². The van der Waals surface area contributed by atoms with Gasteiger partial charge in [-0.05, 0) is 50.5 Å². The predicted octanol–water partition coefficient (Wildman–Crippen LogP) is 4.39. The first-order chi connectivity index (χ1) is 12.6. The van der Waals surface area contributed by atoms with Gasteiger partial charge in [0.05, 0.1) is 18.6 Å².